The van der Waals surface area contributed by atoms with Crippen LogP contribution in [0, 0.1) is 5.92 Å². The topological polar surface area (TPSA) is 21.3 Å². The molecule has 1 aromatic rings. The molecular formula is C18H31NO. The molecule has 1 aromatic carbocycles. The minimum Gasteiger partial charge on any atom is -0.492 e. The van der Waals surface area contributed by atoms with Gasteiger partial charge in [0.25, 0.3) is 0 Å². The third-order valence-corrected chi connectivity index (χ3v) is 3.37. The molecule has 0 heterocycles. The van der Waals surface area contributed by atoms with E-state index in [0.717, 1.165) is 31.4 Å². The van der Waals surface area contributed by atoms with Crippen molar-refractivity contribution in [2.75, 3.05) is 19.7 Å². The van der Waals surface area contributed by atoms with Crippen LogP contribution in [0.5, 0.6) is 5.75 Å². The summed E-state index contributed by atoms with van der Waals surface area (Å²) in [5, 5.41) is 3.44. The van der Waals surface area contributed by atoms with Gasteiger partial charge in [-0.3, -0.25) is 0 Å². The number of rotatable bonds is 8. The first-order valence-corrected chi connectivity index (χ1v) is 7.84. The summed E-state index contributed by atoms with van der Waals surface area (Å²) in [5.74, 6) is 1.82. The smallest absolute Gasteiger partial charge is 0.123 e. The Morgan fingerprint density at radius 2 is 1.80 bits per heavy atom. The predicted octanol–water partition coefficient (Wildman–Crippen LogP) is 4.39. The van der Waals surface area contributed by atoms with Gasteiger partial charge in [0.2, 0.25) is 0 Å². The fraction of sp³-hybridized carbons (Fsp3) is 0.667. The Morgan fingerprint density at radius 1 is 1.10 bits per heavy atom. The van der Waals surface area contributed by atoms with E-state index < -0.39 is 0 Å². The van der Waals surface area contributed by atoms with E-state index in [1.54, 1.807) is 0 Å². The predicted molar refractivity (Wildman–Crippen MR) is 87.6 cm³/mol. The minimum absolute atomic E-state index is 0.126. The maximum absolute atomic E-state index is 5.93. The first-order chi connectivity index (χ1) is 9.41. The quantitative estimate of drug-likeness (QED) is 0.712. The highest BCUT2D eigenvalue weighted by Crippen LogP contribution is 2.30. The molecule has 1 N–H and O–H groups in total. The maximum Gasteiger partial charge on any atom is 0.123 e. The van der Waals surface area contributed by atoms with E-state index in [1.165, 1.54) is 18.4 Å². The van der Waals surface area contributed by atoms with Crippen molar-refractivity contribution in [2.24, 2.45) is 5.92 Å². The van der Waals surface area contributed by atoms with Crippen molar-refractivity contribution in [3.8, 4) is 5.75 Å². The van der Waals surface area contributed by atoms with Gasteiger partial charge in [-0.15, -0.1) is 0 Å². The normalized spacial score (nSPS) is 11.9. The molecule has 0 atom stereocenters. The van der Waals surface area contributed by atoms with Crippen LogP contribution in [0.25, 0.3) is 0 Å². The van der Waals surface area contributed by atoms with Crippen LogP contribution >= 0.6 is 0 Å². The summed E-state index contributed by atoms with van der Waals surface area (Å²) in [5.41, 5.74) is 1.40. The molecule has 0 aliphatic rings. The molecule has 0 spiro atoms. The first kappa shape index (κ1) is 17.0. The number of benzene rings is 1. The molecule has 20 heavy (non-hydrogen) atoms. The second-order valence-corrected chi connectivity index (χ2v) is 6.88. The summed E-state index contributed by atoms with van der Waals surface area (Å²) in [4.78, 5) is 0. The van der Waals surface area contributed by atoms with Crippen LogP contribution in [0.3, 0.4) is 0 Å². The molecule has 0 fully saturated rings. The van der Waals surface area contributed by atoms with Crippen LogP contribution in [0.2, 0.25) is 0 Å². The maximum atomic E-state index is 5.93. The Bertz CT molecular complexity index is 379. The van der Waals surface area contributed by atoms with Gasteiger partial charge in [0.1, 0.15) is 12.4 Å². The zero-order valence-corrected chi connectivity index (χ0v) is 13.8. The van der Waals surface area contributed by atoms with Crippen LogP contribution in [-0.4, -0.2) is 19.7 Å². The lowest BCUT2D eigenvalue weighted by molar-refractivity contribution is 0.305. The van der Waals surface area contributed by atoms with Gasteiger partial charge >= 0.3 is 0 Å². The Kier molecular flexibility index (Phi) is 7.08. The largest absolute Gasteiger partial charge is 0.492 e. The summed E-state index contributed by atoms with van der Waals surface area (Å²) in [6.07, 6.45) is 2.54. The van der Waals surface area contributed by atoms with E-state index in [0.29, 0.717) is 0 Å². The molecule has 0 unspecified atom stereocenters. The van der Waals surface area contributed by atoms with Gasteiger partial charge in [-0.2, -0.15) is 0 Å². The molecule has 0 radical (unpaired) electrons. The van der Waals surface area contributed by atoms with Crippen molar-refractivity contribution in [3.63, 3.8) is 0 Å². The van der Waals surface area contributed by atoms with Crippen molar-refractivity contribution < 1.29 is 4.74 Å². The number of ether oxygens (including phenoxy) is 1. The molecule has 1 rings (SSSR count). The van der Waals surface area contributed by atoms with Crippen molar-refractivity contribution in [1.82, 2.24) is 5.32 Å². The van der Waals surface area contributed by atoms with E-state index in [4.69, 9.17) is 4.74 Å². The monoisotopic (exact) mass is 277 g/mol. The van der Waals surface area contributed by atoms with E-state index in [9.17, 15) is 0 Å². The van der Waals surface area contributed by atoms with E-state index in [2.05, 4.69) is 58.1 Å². The van der Waals surface area contributed by atoms with Crippen molar-refractivity contribution in [1.29, 1.82) is 0 Å². The second-order valence-electron chi connectivity index (χ2n) is 6.88. The number of para-hydroxylation sites is 1. The zero-order valence-electron chi connectivity index (χ0n) is 13.8. The number of hydrogen-bond acceptors (Lipinski definition) is 2. The highest BCUT2D eigenvalue weighted by Gasteiger charge is 2.17. The summed E-state index contributed by atoms with van der Waals surface area (Å²) in [6, 6.07) is 8.35. The standard InChI is InChI=1S/C18H31NO/c1-15(2)9-8-12-19-13-14-20-17-11-7-6-10-16(17)18(3,4)5/h6-7,10-11,15,19H,8-9,12-14H2,1-5H3. The Morgan fingerprint density at radius 3 is 2.45 bits per heavy atom. The molecule has 2 nitrogen and oxygen atoms in total. The van der Waals surface area contributed by atoms with Gasteiger partial charge < -0.3 is 10.1 Å². The molecule has 0 aliphatic heterocycles. The molecule has 0 aromatic heterocycles. The molecule has 0 saturated heterocycles. The summed E-state index contributed by atoms with van der Waals surface area (Å²) in [7, 11) is 0. The molecule has 0 bridgehead atoms. The molecule has 114 valence electrons. The third-order valence-electron chi connectivity index (χ3n) is 3.37. The first-order valence-electron chi connectivity index (χ1n) is 7.84. The second kappa shape index (κ2) is 8.31. The fourth-order valence-electron chi connectivity index (χ4n) is 2.21. The van der Waals surface area contributed by atoms with Crippen LogP contribution in [-0.2, 0) is 5.41 Å². The average molecular weight is 277 g/mol. The highest BCUT2D eigenvalue weighted by atomic mass is 16.5. The summed E-state index contributed by atoms with van der Waals surface area (Å²) in [6.45, 7) is 13.9. The fourth-order valence-corrected chi connectivity index (χ4v) is 2.21. The zero-order chi connectivity index (χ0) is 15.0. The van der Waals surface area contributed by atoms with Gasteiger partial charge in [-0.1, -0.05) is 52.8 Å². The van der Waals surface area contributed by atoms with Crippen LogP contribution in [0.4, 0.5) is 0 Å². The lowest BCUT2D eigenvalue weighted by atomic mass is 9.86. The Labute approximate surface area is 124 Å². The van der Waals surface area contributed by atoms with Gasteiger partial charge in [0, 0.05) is 6.54 Å². The summed E-state index contributed by atoms with van der Waals surface area (Å²) >= 11 is 0. The highest BCUT2D eigenvalue weighted by molar-refractivity contribution is 5.38. The molecular weight excluding hydrogens is 246 g/mol. The number of nitrogens with one attached hydrogen (secondary N) is 1. The van der Waals surface area contributed by atoms with Crippen molar-refractivity contribution in [2.45, 2.75) is 52.9 Å². The molecule has 0 saturated carbocycles. The number of hydrogen-bond donors (Lipinski definition) is 1. The van der Waals surface area contributed by atoms with Gasteiger partial charge in [0.15, 0.2) is 0 Å². The molecule has 2 heteroatoms. The van der Waals surface area contributed by atoms with Crippen molar-refractivity contribution in [3.05, 3.63) is 29.8 Å². The third kappa shape index (κ3) is 6.42. The van der Waals surface area contributed by atoms with Gasteiger partial charge in [-0.05, 0) is 42.3 Å². The lowest BCUT2D eigenvalue weighted by Crippen LogP contribution is -2.23. The van der Waals surface area contributed by atoms with Crippen LogP contribution < -0.4 is 10.1 Å². The lowest BCUT2D eigenvalue weighted by Gasteiger charge is -2.22. The average Bonchev–Trinajstić information content (AvgIpc) is 2.36. The SMILES string of the molecule is CC(C)CCCNCCOc1ccccc1C(C)(C)C. The van der Waals surface area contributed by atoms with E-state index >= 15 is 0 Å². The molecule has 0 aliphatic carbocycles. The Hall–Kier alpha value is -1.02. The minimum atomic E-state index is 0.126. The molecule has 0 amide bonds. The van der Waals surface area contributed by atoms with Crippen LogP contribution in [0.1, 0.15) is 53.0 Å². The Balaban J connectivity index is 2.29. The van der Waals surface area contributed by atoms with Crippen LogP contribution in [0.15, 0.2) is 24.3 Å². The van der Waals surface area contributed by atoms with Gasteiger partial charge in [0.05, 0.1) is 0 Å². The van der Waals surface area contributed by atoms with Gasteiger partial charge in [-0.25, -0.2) is 0 Å². The summed E-state index contributed by atoms with van der Waals surface area (Å²) < 4.78 is 5.93. The van der Waals surface area contributed by atoms with E-state index in [1.807, 2.05) is 6.07 Å². The van der Waals surface area contributed by atoms with Crippen molar-refractivity contribution >= 4 is 0 Å². The van der Waals surface area contributed by atoms with E-state index in [-0.39, 0.29) is 5.41 Å².